The topological polar surface area (TPSA) is 58.9 Å². The minimum absolute atomic E-state index is 0.131. The van der Waals surface area contributed by atoms with Gasteiger partial charge in [-0.25, -0.2) is 0 Å². The highest BCUT2D eigenvalue weighted by Crippen LogP contribution is 2.35. The van der Waals surface area contributed by atoms with Gasteiger partial charge in [-0.1, -0.05) is 0 Å². The third-order valence-corrected chi connectivity index (χ3v) is 8.39. The van der Waals surface area contributed by atoms with Crippen LogP contribution in [0, 0.1) is 55.4 Å². The van der Waals surface area contributed by atoms with E-state index in [9.17, 15) is 10.2 Å². The number of hydrogen-bond donors (Lipinski definition) is 2. The lowest BCUT2D eigenvalue weighted by Gasteiger charge is -2.20. The number of ether oxygens (including phenoxy) is 2. The molecule has 0 heterocycles. The summed E-state index contributed by atoms with van der Waals surface area (Å²) in [6.07, 6.45) is 4.30. The Morgan fingerprint density at radius 3 is 1.23 bits per heavy atom. The highest BCUT2D eigenvalue weighted by atomic mass is 16.5. The van der Waals surface area contributed by atoms with E-state index in [1.54, 1.807) is 0 Å². The number of phenolic OH excluding ortho intramolecular Hbond substituents is 2. The Labute approximate surface area is 258 Å². The van der Waals surface area contributed by atoms with Gasteiger partial charge in [-0.3, -0.25) is 0 Å². The van der Waals surface area contributed by atoms with Crippen LogP contribution >= 0.6 is 0 Å². The lowest BCUT2D eigenvalue weighted by Crippen LogP contribution is -2.13. The van der Waals surface area contributed by atoms with Crippen LogP contribution in [0.2, 0.25) is 0 Å². The maximum absolute atomic E-state index is 10.2. The van der Waals surface area contributed by atoms with Crippen molar-refractivity contribution in [2.75, 3.05) is 6.61 Å². The van der Waals surface area contributed by atoms with Crippen LogP contribution in [0.25, 0.3) is 22.3 Å². The summed E-state index contributed by atoms with van der Waals surface area (Å²) in [6, 6.07) is 16.9. The molecule has 4 aromatic rings. The molecule has 0 aliphatic rings. The van der Waals surface area contributed by atoms with E-state index in [2.05, 4.69) is 58.9 Å². The second-order valence-corrected chi connectivity index (χ2v) is 12.4. The number of rotatable bonds is 11. The molecule has 0 aromatic heterocycles. The largest absolute Gasteiger partial charge is 0.507 e. The molecule has 0 aliphatic heterocycles. The van der Waals surface area contributed by atoms with Crippen LogP contribution in [-0.2, 0) is 0 Å². The fourth-order valence-corrected chi connectivity index (χ4v) is 6.04. The molecule has 0 spiro atoms. The first kappa shape index (κ1) is 32.0. The van der Waals surface area contributed by atoms with E-state index in [-0.39, 0.29) is 6.10 Å². The van der Waals surface area contributed by atoms with Gasteiger partial charge in [0.2, 0.25) is 0 Å². The van der Waals surface area contributed by atoms with Gasteiger partial charge in [0.15, 0.2) is 0 Å². The fraction of sp³-hybridized carbons (Fsp3) is 0.385. The Morgan fingerprint density at radius 2 is 0.837 bits per heavy atom. The number of benzene rings is 4. The second kappa shape index (κ2) is 13.6. The van der Waals surface area contributed by atoms with E-state index >= 15 is 0 Å². The lowest BCUT2D eigenvalue weighted by atomic mass is 9.96. The van der Waals surface area contributed by atoms with E-state index < -0.39 is 0 Å². The van der Waals surface area contributed by atoms with E-state index in [0.717, 1.165) is 104 Å². The SMILES string of the molecule is Cc1cc(-c2cc(C)c(OCCCCCC(C)Oc3c(C)cc(-c4cc(C)c(O)c(C)c4)cc3C)c(C)c2)cc(C)c1O. The summed E-state index contributed by atoms with van der Waals surface area (Å²) in [5.74, 6) is 2.68. The molecule has 0 fully saturated rings. The average molecular weight is 581 g/mol. The van der Waals surface area contributed by atoms with Crippen molar-refractivity contribution in [1.29, 1.82) is 0 Å². The van der Waals surface area contributed by atoms with Crippen LogP contribution in [0.15, 0.2) is 48.5 Å². The molecule has 4 heteroatoms. The molecule has 0 bridgehead atoms. The maximum Gasteiger partial charge on any atom is 0.125 e. The van der Waals surface area contributed by atoms with Crippen LogP contribution in [0.4, 0.5) is 0 Å². The highest BCUT2D eigenvalue weighted by molar-refractivity contribution is 5.71. The first-order valence-electron chi connectivity index (χ1n) is 15.5. The fourth-order valence-electron chi connectivity index (χ4n) is 6.04. The number of hydrogen-bond acceptors (Lipinski definition) is 4. The molecule has 0 aliphatic carbocycles. The summed E-state index contributed by atoms with van der Waals surface area (Å²) in [7, 11) is 0. The number of aryl methyl sites for hydroxylation is 8. The molecule has 1 atom stereocenters. The smallest absolute Gasteiger partial charge is 0.125 e. The van der Waals surface area contributed by atoms with E-state index in [4.69, 9.17) is 9.47 Å². The summed E-state index contributed by atoms with van der Waals surface area (Å²) in [5, 5.41) is 20.3. The van der Waals surface area contributed by atoms with Crippen LogP contribution < -0.4 is 9.47 Å². The van der Waals surface area contributed by atoms with Crippen molar-refractivity contribution in [1.82, 2.24) is 0 Å². The van der Waals surface area contributed by atoms with E-state index in [1.165, 1.54) is 0 Å². The molecular weight excluding hydrogens is 532 g/mol. The number of unbranched alkanes of at least 4 members (excludes halogenated alkanes) is 2. The van der Waals surface area contributed by atoms with Gasteiger partial charge in [-0.2, -0.15) is 0 Å². The standard InChI is InChI=1S/C39H48O4/c1-23-15-32(16-24(2)36(23)40)34-19-27(5)38(28(6)20-34)42-14-12-10-11-13-31(9)43-39-29(7)21-35(22-30(39)8)33-17-25(3)37(41)26(4)18-33/h15-22,31,40-41H,10-14H2,1-9H3. The molecule has 0 saturated carbocycles. The minimum atomic E-state index is 0.131. The molecule has 0 radical (unpaired) electrons. The zero-order chi connectivity index (χ0) is 31.4. The van der Waals surface area contributed by atoms with Gasteiger partial charge in [0, 0.05) is 0 Å². The molecule has 43 heavy (non-hydrogen) atoms. The van der Waals surface area contributed by atoms with Crippen molar-refractivity contribution in [2.24, 2.45) is 0 Å². The van der Waals surface area contributed by atoms with Crippen molar-refractivity contribution in [2.45, 2.75) is 94.1 Å². The molecule has 228 valence electrons. The first-order valence-corrected chi connectivity index (χ1v) is 15.5. The maximum atomic E-state index is 10.2. The Balaban J connectivity index is 1.26. The molecule has 0 saturated heterocycles. The Hall–Kier alpha value is -3.92. The predicted octanol–water partition coefficient (Wildman–Crippen LogP) is 10.3. The average Bonchev–Trinajstić information content (AvgIpc) is 2.94. The van der Waals surface area contributed by atoms with Crippen LogP contribution in [0.3, 0.4) is 0 Å². The van der Waals surface area contributed by atoms with Gasteiger partial charge in [-0.05, 0) is 203 Å². The quantitative estimate of drug-likeness (QED) is 0.173. The van der Waals surface area contributed by atoms with E-state index in [1.807, 2.05) is 52.0 Å². The first-order chi connectivity index (χ1) is 20.3. The van der Waals surface area contributed by atoms with Crippen molar-refractivity contribution in [3.8, 4) is 45.3 Å². The summed E-state index contributed by atoms with van der Waals surface area (Å²) in [5.41, 5.74) is 12.6. The Kier molecular flexibility index (Phi) is 10.1. The Bertz CT molecular complexity index is 1520. The van der Waals surface area contributed by atoms with Crippen LogP contribution in [0.1, 0.15) is 77.1 Å². The van der Waals surface area contributed by atoms with Gasteiger partial charge in [0.1, 0.15) is 23.0 Å². The Morgan fingerprint density at radius 1 is 0.488 bits per heavy atom. The van der Waals surface area contributed by atoms with Crippen molar-refractivity contribution >= 4 is 0 Å². The zero-order valence-electron chi connectivity index (χ0n) is 27.4. The van der Waals surface area contributed by atoms with Gasteiger partial charge in [0.05, 0.1) is 12.7 Å². The summed E-state index contributed by atoms with van der Waals surface area (Å²) in [6.45, 7) is 19.1. The minimum Gasteiger partial charge on any atom is -0.507 e. The third-order valence-electron chi connectivity index (χ3n) is 8.39. The summed E-state index contributed by atoms with van der Waals surface area (Å²) < 4.78 is 12.7. The normalized spacial score (nSPS) is 11.9. The van der Waals surface area contributed by atoms with Crippen LogP contribution in [0.5, 0.6) is 23.0 Å². The third kappa shape index (κ3) is 7.54. The summed E-state index contributed by atoms with van der Waals surface area (Å²) in [4.78, 5) is 0. The van der Waals surface area contributed by atoms with Gasteiger partial charge < -0.3 is 19.7 Å². The lowest BCUT2D eigenvalue weighted by molar-refractivity contribution is 0.202. The monoisotopic (exact) mass is 580 g/mol. The van der Waals surface area contributed by atoms with Gasteiger partial charge in [0.25, 0.3) is 0 Å². The van der Waals surface area contributed by atoms with Crippen molar-refractivity contribution in [3.63, 3.8) is 0 Å². The molecule has 4 rings (SSSR count). The molecule has 2 N–H and O–H groups in total. The van der Waals surface area contributed by atoms with E-state index in [0.29, 0.717) is 18.1 Å². The van der Waals surface area contributed by atoms with Gasteiger partial charge >= 0.3 is 0 Å². The zero-order valence-corrected chi connectivity index (χ0v) is 27.4. The highest BCUT2D eigenvalue weighted by Gasteiger charge is 2.14. The van der Waals surface area contributed by atoms with Crippen molar-refractivity contribution in [3.05, 3.63) is 93.0 Å². The van der Waals surface area contributed by atoms with Crippen molar-refractivity contribution < 1.29 is 19.7 Å². The summed E-state index contributed by atoms with van der Waals surface area (Å²) >= 11 is 0. The second-order valence-electron chi connectivity index (χ2n) is 12.4. The van der Waals surface area contributed by atoms with Crippen LogP contribution in [-0.4, -0.2) is 22.9 Å². The molecular formula is C39H48O4. The molecule has 4 aromatic carbocycles. The molecule has 0 amide bonds. The molecule has 1 unspecified atom stereocenters. The molecule has 4 nitrogen and oxygen atoms in total. The predicted molar refractivity (Wildman–Crippen MR) is 179 cm³/mol. The number of phenols is 2. The number of aromatic hydroxyl groups is 2. The van der Waals surface area contributed by atoms with Gasteiger partial charge in [-0.15, -0.1) is 0 Å².